The van der Waals surface area contributed by atoms with Crippen molar-refractivity contribution < 1.29 is 9.47 Å². The van der Waals surface area contributed by atoms with Gasteiger partial charge in [0.2, 0.25) is 0 Å². The molecule has 0 aliphatic rings. The number of ether oxygens (including phenoxy) is 2. The molecule has 0 saturated carbocycles. The van der Waals surface area contributed by atoms with E-state index in [9.17, 15) is 0 Å². The maximum absolute atomic E-state index is 5.55. The Morgan fingerprint density at radius 2 is 2.07 bits per heavy atom. The van der Waals surface area contributed by atoms with Gasteiger partial charge in [-0.1, -0.05) is 0 Å². The van der Waals surface area contributed by atoms with Crippen molar-refractivity contribution in [2.75, 3.05) is 32.1 Å². The van der Waals surface area contributed by atoms with Crippen molar-refractivity contribution in [1.82, 2.24) is 15.1 Å². The van der Waals surface area contributed by atoms with Crippen LogP contribution in [0.25, 0.3) is 0 Å². The van der Waals surface area contributed by atoms with E-state index in [0.29, 0.717) is 12.4 Å². The molecule has 27 heavy (non-hydrogen) atoms. The first-order chi connectivity index (χ1) is 12.7. The standard InChI is InChI=1S/C19H29N5O2.HI/c1-5-20-19(21-11-7-8-15-13-22-24(3)14-15)23-16-9-10-17(26-6-2)18(12-16)25-4;/h9-10,12-14H,5-8,11H2,1-4H3,(H2,20,21,23);1H. The van der Waals surface area contributed by atoms with Crippen LogP contribution >= 0.6 is 24.0 Å². The highest BCUT2D eigenvalue weighted by atomic mass is 127. The number of aliphatic imine (C=N–C) groups is 1. The molecule has 0 radical (unpaired) electrons. The SMILES string of the molecule is CCNC(=NCCCc1cnn(C)c1)Nc1ccc(OCC)c(OC)c1.I. The lowest BCUT2D eigenvalue weighted by atomic mass is 10.2. The van der Waals surface area contributed by atoms with Gasteiger partial charge in [-0.2, -0.15) is 5.10 Å². The summed E-state index contributed by atoms with van der Waals surface area (Å²) in [5.41, 5.74) is 2.13. The number of hydrogen-bond acceptors (Lipinski definition) is 4. The van der Waals surface area contributed by atoms with Crippen LogP contribution in [0.15, 0.2) is 35.6 Å². The highest BCUT2D eigenvalue weighted by Crippen LogP contribution is 2.30. The van der Waals surface area contributed by atoms with Gasteiger partial charge < -0.3 is 20.1 Å². The Balaban J connectivity index is 0.00000364. The van der Waals surface area contributed by atoms with E-state index in [0.717, 1.165) is 43.3 Å². The number of hydrogen-bond donors (Lipinski definition) is 2. The van der Waals surface area contributed by atoms with Crippen molar-refractivity contribution in [2.24, 2.45) is 12.0 Å². The second-order valence-electron chi connectivity index (χ2n) is 5.81. The normalized spacial score (nSPS) is 10.9. The first kappa shape index (κ1) is 23.1. The van der Waals surface area contributed by atoms with Gasteiger partial charge >= 0.3 is 0 Å². The van der Waals surface area contributed by atoms with Gasteiger partial charge in [-0.3, -0.25) is 9.67 Å². The van der Waals surface area contributed by atoms with Gasteiger partial charge in [0.05, 0.1) is 19.9 Å². The largest absolute Gasteiger partial charge is 0.493 e. The number of aromatic nitrogens is 2. The Morgan fingerprint density at radius 3 is 2.70 bits per heavy atom. The number of rotatable bonds is 9. The van der Waals surface area contributed by atoms with Crippen LogP contribution in [0, 0.1) is 0 Å². The van der Waals surface area contributed by atoms with Crippen LogP contribution in [0.2, 0.25) is 0 Å². The van der Waals surface area contributed by atoms with E-state index in [1.165, 1.54) is 5.56 Å². The Kier molecular flexibility index (Phi) is 10.6. The van der Waals surface area contributed by atoms with E-state index in [1.807, 2.05) is 56.2 Å². The van der Waals surface area contributed by atoms with Crippen LogP contribution in [0.1, 0.15) is 25.8 Å². The molecule has 2 rings (SSSR count). The predicted molar refractivity (Wildman–Crippen MR) is 121 cm³/mol. The molecular formula is C19H30IN5O2. The van der Waals surface area contributed by atoms with Gasteiger partial charge in [-0.15, -0.1) is 24.0 Å². The lowest BCUT2D eigenvalue weighted by molar-refractivity contribution is 0.311. The Bertz CT molecular complexity index is 718. The number of nitrogens with zero attached hydrogens (tertiary/aromatic N) is 3. The quantitative estimate of drug-likeness (QED) is 0.245. The zero-order valence-corrected chi connectivity index (χ0v) is 18.8. The molecule has 0 bridgehead atoms. The minimum Gasteiger partial charge on any atom is -0.493 e. The molecule has 1 aromatic heterocycles. The molecule has 0 unspecified atom stereocenters. The molecule has 1 aromatic carbocycles. The first-order valence-electron chi connectivity index (χ1n) is 9.00. The summed E-state index contributed by atoms with van der Waals surface area (Å²) in [6, 6.07) is 5.76. The highest BCUT2D eigenvalue weighted by molar-refractivity contribution is 14.0. The fraction of sp³-hybridized carbons (Fsp3) is 0.474. The fourth-order valence-corrected chi connectivity index (χ4v) is 2.54. The number of methoxy groups -OCH3 is 1. The summed E-state index contributed by atoms with van der Waals surface area (Å²) in [5, 5.41) is 10.8. The third-order valence-electron chi connectivity index (χ3n) is 3.72. The van der Waals surface area contributed by atoms with Crippen molar-refractivity contribution in [3.8, 4) is 11.5 Å². The Morgan fingerprint density at radius 1 is 1.26 bits per heavy atom. The molecule has 150 valence electrons. The van der Waals surface area contributed by atoms with E-state index < -0.39 is 0 Å². The molecule has 0 spiro atoms. The van der Waals surface area contributed by atoms with Gasteiger partial charge in [-0.05, 0) is 44.4 Å². The smallest absolute Gasteiger partial charge is 0.195 e. The molecule has 0 saturated heterocycles. The minimum atomic E-state index is 0. The lowest BCUT2D eigenvalue weighted by Crippen LogP contribution is -2.30. The maximum atomic E-state index is 5.55. The third-order valence-corrected chi connectivity index (χ3v) is 3.72. The summed E-state index contributed by atoms with van der Waals surface area (Å²) in [6.07, 6.45) is 5.88. The molecule has 0 atom stereocenters. The minimum absolute atomic E-state index is 0. The topological polar surface area (TPSA) is 72.7 Å². The van der Waals surface area contributed by atoms with Crippen molar-refractivity contribution in [1.29, 1.82) is 0 Å². The summed E-state index contributed by atoms with van der Waals surface area (Å²) in [5.74, 6) is 2.19. The summed E-state index contributed by atoms with van der Waals surface area (Å²) in [7, 11) is 3.57. The molecule has 0 aliphatic carbocycles. The molecule has 0 fully saturated rings. The van der Waals surface area contributed by atoms with Crippen LogP contribution in [0.4, 0.5) is 5.69 Å². The maximum Gasteiger partial charge on any atom is 0.195 e. The average molecular weight is 487 g/mol. The zero-order valence-electron chi connectivity index (χ0n) is 16.5. The number of guanidine groups is 1. The highest BCUT2D eigenvalue weighted by Gasteiger charge is 2.07. The van der Waals surface area contributed by atoms with Crippen LogP contribution in [-0.4, -0.2) is 42.5 Å². The van der Waals surface area contributed by atoms with Gasteiger partial charge in [-0.25, -0.2) is 0 Å². The number of anilines is 1. The summed E-state index contributed by atoms with van der Waals surface area (Å²) < 4.78 is 12.8. The van der Waals surface area contributed by atoms with E-state index in [1.54, 1.807) is 7.11 Å². The van der Waals surface area contributed by atoms with Crippen LogP contribution in [-0.2, 0) is 13.5 Å². The lowest BCUT2D eigenvalue weighted by Gasteiger charge is -2.14. The second-order valence-corrected chi connectivity index (χ2v) is 5.81. The number of halogens is 1. The van der Waals surface area contributed by atoms with Gasteiger partial charge in [0.15, 0.2) is 17.5 Å². The average Bonchev–Trinajstić information content (AvgIpc) is 3.05. The Hall–Kier alpha value is -1.97. The van der Waals surface area contributed by atoms with Gasteiger partial charge in [0.1, 0.15) is 0 Å². The first-order valence-corrected chi connectivity index (χ1v) is 9.00. The van der Waals surface area contributed by atoms with E-state index in [2.05, 4.69) is 20.7 Å². The van der Waals surface area contributed by atoms with Gasteiger partial charge in [0.25, 0.3) is 0 Å². The number of nitrogens with one attached hydrogen (secondary N) is 2. The van der Waals surface area contributed by atoms with E-state index in [4.69, 9.17) is 9.47 Å². The molecule has 0 amide bonds. The second kappa shape index (κ2) is 12.4. The van der Waals surface area contributed by atoms with E-state index in [-0.39, 0.29) is 24.0 Å². The summed E-state index contributed by atoms with van der Waals surface area (Å²) in [6.45, 7) is 6.13. The van der Waals surface area contributed by atoms with Gasteiger partial charge in [0, 0.05) is 38.1 Å². The summed E-state index contributed by atoms with van der Waals surface area (Å²) >= 11 is 0. The van der Waals surface area contributed by atoms with Crippen LogP contribution in [0.3, 0.4) is 0 Å². The van der Waals surface area contributed by atoms with Crippen molar-refractivity contribution in [2.45, 2.75) is 26.7 Å². The molecular weight excluding hydrogens is 457 g/mol. The zero-order chi connectivity index (χ0) is 18.8. The van der Waals surface area contributed by atoms with Crippen LogP contribution in [0.5, 0.6) is 11.5 Å². The fourth-order valence-electron chi connectivity index (χ4n) is 2.54. The van der Waals surface area contributed by atoms with E-state index >= 15 is 0 Å². The molecule has 7 nitrogen and oxygen atoms in total. The van der Waals surface area contributed by atoms with Crippen LogP contribution < -0.4 is 20.1 Å². The molecule has 0 aliphatic heterocycles. The predicted octanol–water partition coefficient (Wildman–Crippen LogP) is 3.46. The molecule has 2 aromatic rings. The molecule has 2 N–H and O–H groups in total. The molecule has 8 heteroatoms. The molecule has 1 heterocycles. The number of benzene rings is 1. The Labute approximate surface area is 178 Å². The number of aryl methyl sites for hydroxylation is 2. The summed E-state index contributed by atoms with van der Waals surface area (Å²) in [4.78, 5) is 4.64. The van der Waals surface area contributed by atoms with Crippen molar-refractivity contribution in [3.05, 3.63) is 36.2 Å². The third kappa shape index (κ3) is 7.66. The van der Waals surface area contributed by atoms with Crippen molar-refractivity contribution >= 4 is 35.6 Å². The van der Waals surface area contributed by atoms with Crippen molar-refractivity contribution in [3.63, 3.8) is 0 Å². The monoisotopic (exact) mass is 487 g/mol.